The molecule has 0 amide bonds. The van der Waals surface area contributed by atoms with E-state index in [-0.39, 0.29) is 6.10 Å². The summed E-state index contributed by atoms with van der Waals surface area (Å²) in [4.78, 5) is 4.79. The summed E-state index contributed by atoms with van der Waals surface area (Å²) < 4.78 is 0. The summed E-state index contributed by atoms with van der Waals surface area (Å²) in [6.45, 7) is 5.53. The predicted octanol–water partition coefficient (Wildman–Crippen LogP) is 0.639. The van der Waals surface area contributed by atoms with E-state index < -0.39 is 0 Å². The highest BCUT2D eigenvalue weighted by Gasteiger charge is 2.43. The number of aliphatic hydroxyl groups is 1. The van der Waals surface area contributed by atoms with Crippen LogP contribution in [-0.2, 0) is 0 Å². The zero-order valence-corrected chi connectivity index (χ0v) is 10.2. The maximum absolute atomic E-state index is 10.3. The van der Waals surface area contributed by atoms with Gasteiger partial charge in [0.15, 0.2) is 0 Å². The first-order valence-corrected chi connectivity index (χ1v) is 6.20. The fourth-order valence-corrected chi connectivity index (χ4v) is 3.38. The van der Waals surface area contributed by atoms with Gasteiger partial charge in [-0.25, -0.2) is 0 Å². The molecule has 4 atom stereocenters. The van der Waals surface area contributed by atoms with E-state index in [1.54, 1.807) is 0 Å². The Labute approximate surface area is 93.1 Å². The van der Waals surface area contributed by atoms with Crippen molar-refractivity contribution in [3.63, 3.8) is 0 Å². The van der Waals surface area contributed by atoms with Gasteiger partial charge in [-0.3, -0.25) is 0 Å². The van der Waals surface area contributed by atoms with Crippen LogP contribution < -0.4 is 0 Å². The highest BCUT2D eigenvalue weighted by molar-refractivity contribution is 4.97. The van der Waals surface area contributed by atoms with Crippen molar-refractivity contribution in [1.82, 2.24) is 9.80 Å². The number of likely N-dealkylation sites (tertiary alicyclic amines) is 1. The Balaban J connectivity index is 2.10. The average Bonchev–Trinajstić information content (AvgIpc) is 2.17. The highest BCUT2D eigenvalue weighted by atomic mass is 16.3. The quantitative estimate of drug-likeness (QED) is 0.727. The van der Waals surface area contributed by atoms with Crippen molar-refractivity contribution in [3.8, 4) is 0 Å². The highest BCUT2D eigenvalue weighted by Crippen LogP contribution is 2.36. The number of nitrogens with zero attached hydrogens (tertiary/aromatic N) is 2. The molecule has 0 aromatic carbocycles. The Bertz CT molecular complexity index is 220. The first-order chi connectivity index (χ1) is 7.13. The molecule has 3 nitrogen and oxygen atoms in total. The van der Waals surface area contributed by atoms with Crippen LogP contribution in [0.4, 0.5) is 0 Å². The predicted molar refractivity (Wildman–Crippen MR) is 61.8 cm³/mol. The van der Waals surface area contributed by atoms with Crippen LogP contribution in [0, 0.1) is 11.8 Å². The second-order valence-corrected chi connectivity index (χ2v) is 5.38. The van der Waals surface area contributed by atoms with E-state index in [0.29, 0.717) is 17.9 Å². The maximum atomic E-state index is 10.3. The molecule has 2 aliphatic rings. The van der Waals surface area contributed by atoms with Gasteiger partial charge in [-0.2, -0.15) is 0 Å². The molecule has 2 rings (SSSR count). The summed E-state index contributed by atoms with van der Waals surface area (Å²) in [5.41, 5.74) is 0. The van der Waals surface area contributed by atoms with Crippen LogP contribution in [0.3, 0.4) is 0 Å². The SMILES string of the molecule is CCN1CC2CC[C@@H](N(C)C)C(C1)[C@@H]2O. The van der Waals surface area contributed by atoms with Gasteiger partial charge in [0.25, 0.3) is 0 Å². The average molecular weight is 212 g/mol. The minimum atomic E-state index is -0.0612. The lowest BCUT2D eigenvalue weighted by Crippen LogP contribution is -2.58. The Morgan fingerprint density at radius 2 is 2.00 bits per heavy atom. The first kappa shape index (κ1) is 11.4. The van der Waals surface area contributed by atoms with Gasteiger partial charge >= 0.3 is 0 Å². The van der Waals surface area contributed by atoms with Crippen molar-refractivity contribution in [1.29, 1.82) is 0 Å². The van der Waals surface area contributed by atoms with Gasteiger partial charge in [0.2, 0.25) is 0 Å². The van der Waals surface area contributed by atoms with Gasteiger partial charge < -0.3 is 14.9 Å². The van der Waals surface area contributed by atoms with E-state index in [1.807, 2.05) is 0 Å². The third-order valence-corrected chi connectivity index (χ3v) is 4.32. The zero-order chi connectivity index (χ0) is 11.0. The summed E-state index contributed by atoms with van der Waals surface area (Å²) in [7, 11) is 4.28. The standard InChI is InChI=1S/C12H24N2O/c1-4-14-7-9-5-6-11(13(2)3)10(8-14)12(9)15/h9-12,15H,4-8H2,1-3H3/t9?,10?,11-,12-/m1/s1. The lowest BCUT2D eigenvalue weighted by Gasteiger charge is -2.50. The molecule has 1 saturated heterocycles. The lowest BCUT2D eigenvalue weighted by molar-refractivity contribution is -0.0804. The number of hydrogen-bond acceptors (Lipinski definition) is 3. The van der Waals surface area contributed by atoms with Gasteiger partial charge in [-0.15, -0.1) is 0 Å². The molecule has 2 fully saturated rings. The molecular weight excluding hydrogens is 188 g/mol. The summed E-state index contributed by atoms with van der Waals surface area (Å²) in [5.74, 6) is 0.993. The lowest BCUT2D eigenvalue weighted by atomic mass is 9.72. The first-order valence-electron chi connectivity index (χ1n) is 6.20. The molecule has 1 N–H and O–H groups in total. The number of piperidine rings is 1. The van der Waals surface area contributed by atoms with E-state index in [4.69, 9.17) is 0 Å². The van der Waals surface area contributed by atoms with Crippen LogP contribution in [0.2, 0.25) is 0 Å². The second-order valence-electron chi connectivity index (χ2n) is 5.38. The number of hydrogen-bond donors (Lipinski definition) is 1. The van der Waals surface area contributed by atoms with Crippen molar-refractivity contribution in [2.24, 2.45) is 11.8 Å². The summed E-state index contributed by atoms with van der Waals surface area (Å²) in [6.07, 6.45) is 2.39. The van der Waals surface area contributed by atoms with Crippen LogP contribution in [0.1, 0.15) is 19.8 Å². The molecule has 3 heteroatoms. The monoisotopic (exact) mass is 212 g/mol. The Morgan fingerprint density at radius 3 is 2.60 bits per heavy atom. The van der Waals surface area contributed by atoms with Crippen LogP contribution in [-0.4, -0.2) is 60.8 Å². The number of aliphatic hydroxyl groups excluding tert-OH is 1. The minimum Gasteiger partial charge on any atom is -0.392 e. The van der Waals surface area contributed by atoms with E-state index in [1.165, 1.54) is 12.8 Å². The summed E-state index contributed by atoms with van der Waals surface area (Å²) in [6, 6.07) is 0.575. The van der Waals surface area contributed by atoms with E-state index >= 15 is 0 Å². The Morgan fingerprint density at radius 1 is 1.27 bits per heavy atom. The van der Waals surface area contributed by atoms with Gasteiger partial charge in [0, 0.05) is 25.0 Å². The molecule has 0 spiro atoms. The van der Waals surface area contributed by atoms with Crippen molar-refractivity contribution in [2.45, 2.75) is 31.9 Å². The molecule has 0 aromatic heterocycles. The Kier molecular flexibility index (Phi) is 3.33. The van der Waals surface area contributed by atoms with Crippen LogP contribution in [0.5, 0.6) is 0 Å². The normalized spacial score (nSPS) is 42.2. The Hall–Kier alpha value is -0.120. The molecule has 0 radical (unpaired) electrons. The molecule has 1 aliphatic carbocycles. The van der Waals surface area contributed by atoms with E-state index in [0.717, 1.165) is 19.6 Å². The van der Waals surface area contributed by atoms with Gasteiger partial charge in [0.05, 0.1) is 6.10 Å². The maximum Gasteiger partial charge on any atom is 0.0635 e. The zero-order valence-electron chi connectivity index (χ0n) is 10.2. The van der Waals surface area contributed by atoms with Crippen molar-refractivity contribution in [3.05, 3.63) is 0 Å². The third kappa shape index (κ3) is 2.05. The van der Waals surface area contributed by atoms with Gasteiger partial charge in [-0.05, 0) is 39.4 Å². The fraction of sp³-hybridized carbons (Fsp3) is 1.00. The van der Waals surface area contributed by atoms with E-state index in [9.17, 15) is 5.11 Å². The second kappa shape index (κ2) is 4.40. The summed E-state index contributed by atoms with van der Waals surface area (Å²) >= 11 is 0. The molecule has 2 bridgehead atoms. The van der Waals surface area contributed by atoms with Crippen LogP contribution in [0.15, 0.2) is 0 Å². The minimum absolute atomic E-state index is 0.0612. The molecule has 15 heavy (non-hydrogen) atoms. The summed E-state index contributed by atoms with van der Waals surface area (Å²) in [5, 5.41) is 10.3. The van der Waals surface area contributed by atoms with Crippen molar-refractivity contribution < 1.29 is 5.11 Å². The molecule has 0 aromatic rings. The third-order valence-electron chi connectivity index (χ3n) is 4.32. The molecular formula is C12H24N2O. The van der Waals surface area contributed by atoms with Crippen LogP contribution in [0.25, 0.3) is 0 Å². The van der Waals surface area contributed by atoms with Gasteiger partial charge in [-0.1, -0.05) is 6.92 Å². The molecule has 1 saturated carbocycles. The topological polar surface area (TPSA) is 26.7 Å². The largest absolute Gasteiger partial charge is 0.392 e. The van der Waals surface area contributed by atoms with E-state index in [2.05, 4.69) is 30.8 Å². The van der Waals surface area contributed by atoms with Crippen LogP contribution >= 0.6 is 0 Å². The molecule has 2 unspecified atom stereocenters. The number of rotatable bonds is 2. The van der Waals surface area contributed by atoms with Gasteiger partial charge in [0.1, 0.15) is 0 Å². The smallest absolute Gasteiger partial charge is 0.0635 e. The molecule has 1 heterocycles. The van der Waals surface area contributed by atoms with Crippen molar-refractivity contribution in [2.75, 3.05) is 33.7 Å². The fourth-order valence-electron chi connectivity index (χ4n) is 3.38. The molecule has 1 aliphatic heterocycles. The molecule has 88 valence electrons. The number of fused-ring (bicyclic) bond motifs is 2. The van der Waals surface area contributed by atoms with Crippen molar-refractivity contribution >= 4 is 0 Å².